The fourth-order valence-electron chi connectivity index (χ4n) is 2.30. The number of esters is 1. The third kappa shape index (κ3) is 2.12. The molecule has 1 aromatic rings. The minimum atomic E-state index is -0.208. The molecule has 92 valence electrons. The first-order chi connectivity index (χ1) is 8.74. The molecule has 1 aliphatic heterocycles. The second-order valence-corrected chi connectivity index (χ2v) is 5.36. The van der Waals surface area contributed by atoms with Crippen molar-refractivity contribution in [2.24, 2.45) is 4.99 Å². The normalized spacial score (nSPS) is 21.2. The Balaban J connectivity index is 1.95. The highest BCUT2D eigenvalue weighted by atomic mass is 79.9. The molecular formula is C14H12BrNO2. The number of cyclic esters (lactones) is 1. The van der Waals surface area contributed by atoms with E-state index >= 15 is 0 Å². The number of rotatable bonds is 1. The van der Waals surface area contributed by atoms with Gasteiger partial charge in [0.2, 0.25) is 5.90 Å². The molecule has 1 aromatic carbocycles. The Hall–Kier alpha value is -1.42. The zero-order valence-corrected chi connectivity index (χ0v) is 11.4. The Labute approximate surface area is 114 Å². The molecule has 0 amide bonds. The number of ether oxygens (including phenoxy) is 1. The molecule has 2 aliphatic rings. The van der Waals surface area contributed by atoms with Crippen LogP contribution in [0.3, 0.4) is 0 Å². The lowest BCUT2D eigenvalue weighted by Gasteiger charge is -2.09. The van der Waals surface area contributed by atoms with Crippen molar-refractivity contribution in [1.29, 1.82) is 0 Å². The molecule has 0 saturated heterocycles. The smallest absolute Gasteiger partial charge is 0.341 e. The van der Waals surface area contributed by atoms with Crippen molar-refractivity contribution >= 4 is 33.5 Å². The maximum Gasteiger partial charge on any atom is 0.341 e. The summed E-state index contributed by atoms with van der Waals surface area (Å²) >= 11 is 3.38. The van der Waals surface area contributed by atoms with Gasteiger partial charge in [-0.15, -0.1) is 0 Å². The van der Waals surface area contributed by atoms with Crippen molar-refractivity contribution in [3.05, 3.63) is 39.9 Å². The first-order valence-electron chi connectivity index (χ1n) is 6.03. The van der Waals surface area contributed by atoms with Gasteiger partial charge in [0.1, 0.15) is 0 Å². The molecular weight excluding hydrogens is 294 g/mol. The lowest BCUT2D eigenvalue weighted by molar-refractivity contribution is -0.130. The summed E-state index contributed by atoms with van der Waals surface area (Å²) in [6.45, 7) is 0. The van der Waals surface area contributed by atoms with Crippen molar-refractivity contribution in [2.45, 2.75) is 25.7 Å². The van der Waals surface area contributed by atoms with E-state index in [9.17, 15) is 4.79 Å². The number of carbonyl (C=O) groups excluding carboxylic acids is 1. The highest BCUT2D eigenvalue weighted by Crippen LogP contribution is 2.33. The van der Waals surface area contributed by atoms with Gasteiger partial charge in [0.15, 0.2) is 0 Å². The van der Waals surface area contributed by atoms with E-state index in [1.807, 2.05) is 24.3 Å². The van der Waals surface area contributed by atoms with Gasteiger partial charge < -0.3 is 4.74 Å². The average molecular weight is 306 g/mol. The van der Waals surface area contributed by atoms with Crippen LogP contribution in [0.2, 0.25) is 0 Å². The van der Waals surface area contributed by atoms with Gasteiger partial charge in [-0.25, -0.2) is 9.79 Å². The molecule has 3 rings (SSSR count). The van der Waals surface area contributed by atoms with E-state index in [4.69, 9.17) is 4.74 Å². The molecule has 0 saturated carbocycles. The van der Waals surface area contributed by atoms with E-state index in [0.29, 0.717) is 5.90 Å². The number of hydrogen-bond acceptors (Lipinski definition) is 3. The number of hydrogen-bond donors (Lipinski definition) is 0. The highest BCUT2D eigenvalue weighted by molar-refractivity contribution is 9.10. The number of nitrogens with zero attached hydrogens (tertiary/aromatic N) is 1. The largest absolute Gasteiger partial charge is 0.404 e. The summed E-state index contributed by atoms with van der Waals surface area (Å²) in [5.74, 6) is 0.289. The standard InChI is InChI=1S/C14H12BrNO2/c15-9-5-7-10(8-6-9)16-13-11-3-1-2-4-12(11)14(17)18-13/h5-8H,1-4H2. The van der Waals surface area contributed by atoms with Crippen LogP contribution in [0.5, 0.6) is 0 Å². The third-order valence-electron chi connectivity index (χ3n) is 3.22. The minimum absolute atomic E-state index is 0.208. The highest BCUT2D eigenvalue weighted by Gasteiger charge is 2.32. The van der Waals surface area contributed by atoms with Gasteiger partial charge in [-0.2, -0.15) is 0 Å². The first kappa shape index (κ1) is 11.7. The molecule has 3 nitrogen and oxygen atoms in total. The van der Waals surface area contributed by atoms with Crippen molar-refractivity contribution in [1.82, 2.24) is 0 Å². The zero-order chi connectivity index (χ0) is 12.5. The van der Waals surface area contributed by atoms with Crippen molar-refractivity contribution < 1.29 is 9.53 Å². The Bertz CT molecular complexity index is 558. The fraction of sp³-hybridized carbons (Fsp3) is 0.286. The van der Waals surface area contributed by atoms with Gasteiger partial charge >= 0.3 is 5.97 Å². The quantitative estimate of drug-likeness (QED) is 0.738. The van der Waals surface area contributed by atoms with Crippen LogP contribution in [0.15, 0.2) is 44.9 Å². The molecule has 0 aromatic heterocycles. The molecule has 0 bridgehead atoms. The maximum absolute atomic E-state index is 11.7. The van der Waals surface area contributed by atoms with Crippen LogP contribution in [0, 0.1) is 0 Å². The summed E-state index contributed by atoms with van der Waals surface area (Å²) < 4.78 is 6.27. The summed E-state index contributed by atoms with van der Waals surface area (Å²) in [5.41, 5.74) is 2.65. The maximum atomic E-state index is 11.7. The average Bonchev–Trinajstić information content (AvgIpc) is 2.70. The van der Waals surface area contributed by atoms with Crippen LogP contribution >= 0.6 is 15.9 Å². The molecule has 0 N–H and O–H groups in total. The van der Waals surface area contributed by atoms with Crippen molar-refractivity contribution in [2.75, 3.05) is 0 Å². The predicted molar refractivity (Wildman–Crippen MR) is 72.8 cm³/mol. The Kier molecular flexibility index (Phi) is 3.04. The molecule has 0 radical (unpaired) electrons. The molecule has 18 heavy (non-hydrogen) atoms. The molecule has 0 spiro atoms. The van der Waals surface area contributed by atoms with Gasteiger partial charge in [-0.05, 0) is 49.9 Å². The Morgan fingerprint density at radius 1 is 1.06 bits per heavy atom. The van der Waals surface area contributed by atoms with Crippen LogP contribution in [0.4, 0.5) is 5.69 Å². The summed E-state index contributed by atoms with van der Waals surface area (Å²) in [6.07, 6.45) is 3.90. The second kappa shape index (κ2) is 4.69. The molecule has 1 aliphatic carbocycles. The van der Waals surface area contributed by atoms with E-state index in [1.54, 1.807) is 0 Å². The Morgan fingerprint density at radius 3 is 2.44 bits per heavy atom. The Morgan fingerprint density at radius 2 is 1.72 bits per heavy atom. The molecule has 4 heteroatoms. The van der Waals surface area contributed by atoms with Gasteiger partial charge in [-0.1, -0.05) is 15.9 Å². The minimum Gasteiger partial charge on any atom is -0.404 e. The lowest BCUT2D eigenvalue weighted by Crippen LogP contribution is -2.02. The van der Waals surface area contributed by atoms with E-state index in [2.05, 4.69) is 20.9 Å². The van der Waals surface area contributed by atoms with Crippen molar-refractivity contribution in [3.8, 4) is 0 Å². The van der Waals surface area contributed by atoms with E-state index in [-0.39, 0.29) is 5.97 Å². The number of aliphatic imine (C=N–C) groups is 1. The van der Waals surface area contributed by atoms with Gasteiger partial charge in [0.05, 0.1) is 5.69 Å². The van der Waals surface area contributed by atoms with E-state index < -0.39 is 0 Å². The summed E-state index contributed by atoms with van der Waals surface area (Å²) in [4.78, 5) is 16.1. The van der Waals surface area contributed by atoms with Crippen LogP contribution < -0.4 is 0 Å². The van der Waals surface area contributed by atoms with Crippen LogP contribution in [0.1, 0.15) is 25.7 Å². The van der Waals surface area contributed by atoms with Crippen LogP contribution in [-0.4, -0.2) is 11.9 Å². The van der Waals surface area contributed by atoms with E-state index in [0.717, 1.165) is 47.0 Å². The summed E-state index contributed by atoms with van der Waals surface area (Å²) in [5, 5.41) is 0. The fourth-order valence-corrected chi connectivity index (χ4v) is 2.57. The molecule has 0 fully saturated rings. The topological polar surface area (TPSA) is 38.7 Å². The zero-order valence-electron chi connectivity index (χ0n) is 9.78. The van der Waals surface area contributed by atoms with Gasteiger partial charge in [0, 0.05) is 15.6 Å². The molecule has 1 heterocycles. The van der Waals surface area contributed by atoms with E-state index in [1.165, 1.54) is 0 Å². The monoisotopic (exact) mass is 305 g/mol. The third-order valence-corrected chi connectivity index (χ3v) is 3.75. The van der Waals surface area contributed by atoms with Gasteiger partial charge in [-0.3, -0.25) is 0 Å². The number of carbonyl (C=O) groups is 1. The van der Waals surface area contributed by atoms with Crippen LogP contribution in [0.25, 0.3) is 0 Å². The van der Waals surface area contributed by atoms with Crippen molar-refractivity contribution in [3.63, 3.8) is 0 Å². The van der Waals surface area contributed by atoms with Crippen LogP contribution in [-0.2, 0) is 9.53 Å². The number of halogens is 1. The predicted octanol–water partition coefficient (Wildman–Crippen LogP) is 3.91. The molecule has 0 unspecified atom stereocenters. The lowest BCUT2D eigenvalue weighted by atomic mass is 9.93. The summed E-state index contributed by atoms with van der Waals surface area (Å²) in [6, 6.07) is 7.64. The second-order valence-electron chi connectivity index (χ2n) is 4.45. The van der Waals surface area contributed by atoms with Gasteiger partial charge in [0.25, 0.3) is 0 Å². The molecule has 0 atom stereocenters. The number of benzene rings is 1. The SMILES string of the molecule is O=C1OC(=Nc2ccc(Br)cc2)C2=C1CCCC2. The summed E-state index contributed by atoms with van der Waals surface area (Å²) in [7, 11) is 0. The first-order valence-corrected chi connectivity index (χ1v) is 6.82.